The number of amides is 1. The number of para-hydroxylation sites is 1. The van der Waals surface area contributed by atoms with Gasteiger partial charge in [-0.3, -0.25) is 4.79 Å². The van der Waals surface area contributed by atoms with Crippen molar-refractivity contribution in [3.05, 3.63) is 69.1 Å². The van der Waals surface area contributed by atoms with Crippen LogP contribution in [0.1, 0.15) is 18.2 Å². The predicted molar refractivity (Wildman–Crippen MR) is 118 cm³/mol. The van der Waals surface area contributed by atoms with Crippen LogP contribution in [-0.2, 0) is 10.5 Å². The molecule has 0 saturated carbocycles. The van der Waals surface area contributed by atoms with E-state index in [1.807, 2.05) is 12.3 Å². The van der Waals surface area contributed by atoms with Crippen LogP contribution in [0.5, 0.6) is 0 Å². The fraction of sp³-hybridized carbons (Fsp3) is 0.200. The summed E-state index contributed by atoms with van der Waals surface area (Å²) in [6.07, 6.45) is 0. The zero-order chi connectivity index (χ0) is 19.4. The molecular weight excluding hydrogens is 419 g/mol. The van der Waals surface area contributed by atoms with Crippen LogP contribution in [0.2, 0.25) is 10.0 Å². The minimum Gasteiger partial charge on any atom is -0.323 e. The molecule has 1 heterocycles. The summed E-state index contributed by atoms with van der Waals surface area (Å²) in [5, 5.41) is 6.43. The van der Waals surface area contributed by atoms with E-state index in [1.165, 1.54) is 17.3 Å². The van der Waals surface area contributed by atoms with Gasteiger partial charge in [0.25, 0.3) is 0 Å². The first kappa shape index (κ1) is 20.2. The monoisotopic (exact) mass is 436 g/mol. The molecule has 1 aromatic heterocycles. The van der Waals surface area contributed by atoms with Crippen molar-refractivity contribution in [3.63, 3.8) is 0 Å². The van der Waals surface area contributed by atoms with Crippen molar-refractivity contribution in [1.29, 1.82) is 0 Å². The fourth-order valence-corrected chi connectivity index (χ4v) is 4.53. The van der Waals surface area contributed by atoms with E-state index in [4.69, 9.17) is 23.2 Å². The number of hydrogen-bond acceptors (Lipinski definition) is 4. The Morgan fingerprint density at radius 3 is 2.52 bits per heavy atom. The second-order valence-electron chi connectivity index (χ2n) is 6.05. The van der Waals surface area contributed by atoms with E-state index < -0.39 is 0 Å². The van der Waals surface area contributed by atoms with Gasteiger partial charge in [-0.05, 0) is 26.0 Å². The number of anilines is 1. The van der Waals surface area contributed by atoms with Gasteiger partial charge in [0.1, 0.15) is 5.01 Å². The summed E-state index contributed by atoms with van der Waals surface area (Å²) in [6.45, 7) is 3.92. The highest BCUT2D eigenvalue weighted by Crippen LogP contribution is 2.31. The SMILES string of the molecule is Cc1ccc(-c2nc(CS[C@@H](C)C(=O)Nc3c(Cl)cccc3Cl)cs2)cc1. The van der Waals surface area contributed by atoms with Gasteiger partial charge in [0.05, 0.1) is 26.7 Å². The largest absolute Gasteiger partial charge is 0.323 e. The normalized spacial score (nSPS) is 12.0. The van der Waals surface area contributed by atoms with E-state index >= 15 is 0 Å². The molecule has 0 aliphatic carbocycles. The Hall–Kier alpha value is -1.53. The zero-order valence-corrected chi connectivity index (χ0v) is 18.0. The third-order valence-electron chi connectivity index (χ3n) is 3.91. The molecule has 3 aromatic rings. The molecule has 0 bridgehead atoms. The Labute approximate surface area is 177 Å². The Morgan fingerprint density at radius 2 is 1.85 bits per heavy atom. The number of carbonyl (C=O) groups is 1. The summed E-state index contributed by atoms with van der Waals surface area (Å²) < 4.78 is 0. The Kier molecular flexibility index (Phi) is 6.82. The third kappa shape index (κ3) is 5.26. The quantitative estimate of drug-likeness (QED) is 0.467. The average molecular weight is 437 g/mol. The highest BCUT2D eigenvalue weighted by atomic mass is 35.5. The van der Waals surface area contributed by atoms with Crippen LogP contribution in [0.3, 0.4) is 0 Å². The number of thioether (sulfide) groups is 1. The van der Waals surface area contributed by atoms with E-state index in [0.717, 1.165) is 16.3 Å². The number of nitrogens with one attached hydrogen (secondary N) is 1. The molecule has 0 fully saturated rings. The molecule has 1 N–H and O–H groups in total. The van der Waals surface area contributed by atoms with Gasteiger partial charge in [-0.1, -0.05) is 59.1 Å². The van der Waals surface area contributed by atoms with Crippen molar-refractivity contribution in [2.45, 2.75) is 24.9 Å². The molecule has 1 amide bonds. The molecule has 0 spiro atoms. The number of aromatic nitrogens is 1. The van der Waals surface area contributed by atoms with Gasteiger partial charge in [0, 0.05) is 16.7 Å². The van der Waals surface area contributed by atoms with Crippen LogP contribution in [0.25, 0.3) is 10.6 Å². The minimum atomic E-state index is -0.262. The van der Waals surface area contributed by atoms with Crippen molar-refractivity contribution in [2.75, 3.05) is 5.32 Å². The lowest BCUT2D eigenvalue weighted by Gasteiger charge is -2.13. The molecule has 27 heavy (non-hydrogen) atoms. The summed E-state index contributed by atoms with van der Waals surface area (Å²) in [7, 11) is 0. The summed E-state index contributed by atoms with van der Waals surface area (Å²) in [4.78, 5) is 17.1. The van der Waals surface area contributed by atoms with Gasteiger partial charge in [-0.15, -0.1) is 23.1 Å². The van der Waals surface area contributed by atoms with E-state index in [1.54, 1.807) is 29.5 Å². The van der Waals surface area contributed by atoms with Gasteiger partial charge in [0.15, 0.2) is 0 Å². The molecule has 0 unspecified atom stereocenters. The lowest BCUT2D eigenvalue weighted by molar-refractivity contribution is -0.115. The highest BCUT2D eigenvalue weighted by Gasteiger charge is 2.17. The molecule has 2 aromatic carbocycles. The van der Waals surface area contributed by atoms with Crippen LogP contribution in [0.15, 0.2) is 47.8 Å². The zero-order valence-electron chi connectivity index (χ0n) is 14.8. The Balaban J connectivity index is 1.58. The molecule has 0 aliphatic rings. The summed E-state index contributed by atoms with van der Waals surface area (Å²) in [5.74, 6) is 0.525. The number of halogens is 2. The van der Waals surface area contributed by atoms with Crippen molar-refractivity contribution in [3.8, 4) is 10.6 Å². The van der Waals surface area contributed by atoms with Crippen molar-refractivity contribution >= 4 is 57.9 Å². The van der Waals surface area contributed by atoms with E-state index in [2.05, 4.69) is 41.5 Å². The number of hydrogen-bond donors (Lipinski definition) is 1. The lowest BCUT2D eigenvalue weighted by Crippen LogP contribution is -2.23. The molecule has 0 radical (unpaired) electrons. The van der Waals surface area contributed by atoms with Crippen LogP contribution < -0.4 is 5.32 Å². The molecule has 0 saturated heterocycles. The van der Waals surface area contributed by atoms with Gasteiger partial charge >= 0.3 is 0 Å². The topological polar surface area (TPSA) is 42.0 Å². The standard InChI is InChI=1S/C20H18Cl2N2OS2/c1-12-6-8-14(9-7-12)20-23-15(11-27-20)10-26-13(2)19(25)24-18-16(21)4-3-5-17(18)22/h3-9,11,13H,10H2,1-2H3,(H,24,25)/t13-/m0/s1. The van der Waals surface area contributed by atoms with E-state index in [9.17, 15) is 4.79 Å². The average Bonchev–Trinajstić information content (AvgIpc) is 3.12. The first-order chi connectivity index (χ1) is 12.9. The summed E-state index contributed by atoms with van der Waals surface area (Å²) >= 11 is 15.4. The predicted octanol–water partition coefficient (Wildman–Crippen LogP) is 6.69. The van der Waals surface area contributed by atoms with Crippen LogP contribution >= 0.6 is 46.3 Å². The van der Waals surface area contributed by atoms with Crippen molar-refractivity contribution < 1.29 is 4.79 Å². The van der Waals surface area contributed by atoms with Crippen molar-refractivity contribution in [2.24, 2.45) is 0 Å². The fourth-order valence-electron chi connectivity index (χ4n) is 2.33. The molecule has 0 aliphatic heterocycles. The lowest BCUT2D eigenvalue weighted by atomic mass is 10.2. The number of rotatable bonds is 6. The summed E-state index contributed by atoms with van der Waals surface area (Å²) in [5.41, 5.74) is 3.76. The molecule has 1 atom stereocenters. The maximum Gasteiger partial charge on any atom is 0.237 e. The minimum absolute atomic E-state index is 0.135. The molecular formula is C20H18Cl2N2OS2. The summed E-state index contributed by atoms with van der Waals surface area (Å²) in [6, 6.07) is 13.5. The van der Waals surface area contributed by atoms with Gasteiger partial charge < -0.3 is 5.32 Å². The Bertz CT molecular complexity index is 921. The second-order valence-corrected chi connectivity index (χ2v) is 9.05. The van der Waals surface area contributed by atoms with E-state index in [-0.39, 0.29) is 11.2 Å². The highest BCUT2D eigenvalue weighted by molar-refractivity contribution is 7.99. The van der Waals surface area contributed by atoms with Gasteiger partial charge in [-0.25, -0.2) is 4.98 Å². The van der Waals surface area contributed by atoms with Gasteiger partial charge in [-0.2, -0.15) is 0 Å². The van der Waals surface area contributed by atoms with E-state index in [0.29, 0.717) is 21.5 Å². The number of nitrogens with zero attached hydrogens (tertiary/aromatic N) is 1. The first-order valence-corrected chi connectivity index (χ1v) is 11.0. The van der Waals surface area contributed by atoms with Gasteiger partial charge in [0.2, 0.25) is 5.91 Å². The number of carbonyl (C=O) groups excluding carboxylic acids is 1. The number of thiazole rings is 1. The smallest absolute Gasteiger partial charge is 0.237 e. The van der Waals surface area contributed by atoms with Crippen LogP contribution in [0, 0.1) is 6.92 Å². The maximum absolute atomic E-state index is 12.4. The second kappa shape index (κ2) is 9.11. The molecule has 7 heteroatoms. The molecule has 3 nitrogen and oxygen atoms in total. The molecule has 140 valence electrons. The van der Waals surface area contributed by atoms with Crippen molar-refractivity contribution in [1.82, 2.24) is 4.98 Å². The third-order valence-corrected chi connectivity index (χ3v) is 6.66. The van der Waals surface area contributed by atoms with Crippen LogP contribution in [-0.4, -0.2) is 16.1 Å². The number of benzene rings is 2. The van der Waals surface area contributed by atoms with Crippen LogP contribution in [0.4, 0.5) is 5.69 Å². The maximum atomic E-state index is 12.4. The molecule has 3 rings (SSSR count). The number of aryl methyl sites for hydroxylation is 1. The first-order valence-electron chi connectivity index (χ1n) is 8.32. The Morgan fingerprint density at radius 1 is 1.19 bits per heavy atom.